The maximum absolute atomic E-state index is 13.3. The summed E-state index contributed by atoms with van der Waals surface area (Å²) in [6, 6.07) is 16.4. The Morgan fingerprint density at radius 3 is 2.29 bits per heavy atom. The molecule has 1 N–H and O–H groups in total. The summed E-state index contributed by atoms with van der Waals surface area (Å²) >= 11 is 0. The summed E-state index contributed by atoms with van der Waals surface area (Å²) in [6.45, 7) is 7.78. The van der Waals surface area contributed by atoms with Crippen molar-refractivity contribution < 1.29 is 22.0 Å². The van der Waals surface area contributed by atoms with E-state index in [9.17, 15) is 12.8 Å². The van der Waals surface area contributed by atoms with Gasteiger partial charge in [-0.05, 0) is 66.6 Å². The van der Waals surface area contributed by atoms with Gasteiger partial charge < -0.3 is 14.1 Å². The maximum atomic E-state index is 13.3. The van der Waals surface area contributed by atoms with Crippen LogP contribution in [0.3, 0.4) is 0 Å². The summed E-state index contributed by atoms with van der Waals surface area (Å²) < 4.78 is 53.3. The maximum Gasteiger partial charge on any atom is 0.240 e. The third-order valence-electron chi connectivity index (χ3n) is 6.00. The highest BCUT2D eigenvalue weighted by molar-refractivity contribution is 7.89. The van der Waals surface area contributed by atoms with Gasteiger partial charge in [0.25, 0.3) is 0 Å². The molecule has 3 aromatic rings. The highest BCUT2D eigenvalue weighted by atomic mass is 32.2. The van der Waals surface area contributed by atoms with Crippen molar-refractivity contribution in [2.45, 2.75) is 24.8 Å². The van der Waals surface area contributed by atoms with Crippen LogP contribution in [0.25, 0.3) is 0 Å². The molecule has 0 spiro atoms. The van der Waals surface area contributed by atoms with Gasteiger partial charge in [-0.1, -0.05) is 13.8 Å². The molecule has 188 valence electrons. The van der Waals surface area contributed by atoms with Gasteiger partial charge in [0, 0.05) is 38.4 Å². The van der Waals surface area contributed by atoms with E-state index in [-0.39, 0.29) is 23.3 Å². The molecule has 0 saturated carbocycles. The van der Waals surface area contributed by atoms with Gasteiger partial charge in [-0.2, -0.15) is 0 Å². The Morgan fingerprint density at radius 1 is 1.00 bits per heavy atom. The van der Waals surface area contributed by atoms with Gasteiger partial charge in [-0.3, -0.25) is 4.90 Å². The second-order valence-electron chi connectivity index (χ2n) is 9.06. The van der Waals surface area contributed by atoms with Crippen LogP contribution < -0.4 is 14.4 Å². The van der Waals surface area contributed by atoms with Crippen molar-refractivity contribution >= 4 is 15.7 Å². The molecule has 4 rings (SSSR count). The lowest BCUT2D eigenvalue weighted by atomic mass is 10.1. The van der Waals surface area contributed by atoms with E-state index in [4.69, 9.17) is 9.15 Å². The Hall–Kier alpha value is -2.88. The second-order valence-corrected chi connectivity index (χ2v) is 10.8. The number of benzene rings is 2. The summed E-state index contributed by atoms with van der Waals surface area (Å²) in [5.41, 5.74) is 0.974. The molecular weight excluding hydrogens is 469 g/mol. The van der Waals surface area contributed by atoms with Gasteiger partial charge in [0.1, 0.15) is 17.3 Å². The molecule has 1 atom stereocenters. The molecule has 1 saturated heterocycles. The van der Waals surface area contributed by atoms with Gasteiger partial charge in [0.15, 0.2) is 0 Å². The van der Waals surface area contributed by atoms with Crippen molar-refractivity contribution in [3.05, 3.63) is 78.5 Å². The Morgan fingerprint density at radius 2 is 1.69 bits per heavy atom. The lowest BCUT2D eigenvalue weighted by molar-refractivity contribution is 0.166. The summed E-state index contributed by atoms with van der Waals surface area (Å²) in [7, 11) is -3.71. The van der Waals surface area contributed by atoms with Crippen molar-refractivity contribution in [3.8, 4) is 5.75 Å². The average molecular weight is 502 g/mol. The zero-order valence-corrected chi connectivity index (χ0v) is 20.9. The van der Waals surface area contributed by atoms with Crippen molar-refractivity contribution in [1.29, 1.82) is 0 Å². The van der Waals surface area contributed by atoms with Crippen LogP contribution in [0.5, 0.6) is 5.75 Å². The molecule has 0 bridgehead atoms. The quantitative estimate of drug-likeness (QED) is 0.447. The zero-order chi connectivity index (χ0) is 24.8. The Kier molecular flexibility index (Phi) is 8.10. The fourth-order valence-corrected chi connectivity index (χ4v) is 5.12. The largest absolute Gasteiger partial charge is 0.493 e. The number of hydrogen-bond donors (Lipinski definition) is 1. The summed E-state index contributed by atoms with van der Waals surface area (Å²) in [5.74, 6) is 1.48. The molecule has 7 nitrogen and oxygen atoms in total. The number of hydrogen-bond acceptors (Lipinski definition) is 6. The van der Waals surface area contributed by atoms with Crippen LogP contribution in [0, 0.1) is 11.7 Å². The molecule has 1 fully saturated rings. The van der Waals surface area contributed by atoms with Crippen molar-refractivity contribution in [3.63, 3.8) is 0 Å². The zero-order valence-electron chi connectivity index (χ0n) is 20.1. The SMILES string of the molecule is CC(C)COc1ccc(S(=O)(=O)NCC(c2ccco2)N2CCN(c3ccc(F)cc3)CC2)cc1. The van der Waals surface area contributed by atoms with E-state index >= 15 is 0 Å². The molecule has 0 aliphatic carbocycles. The predicted octanol–water partition coefficient (Wildman–Crippen LogP) is 4.30. The van der Waals surface area contributed by atoms with Gasteiger partial charge in [0.05, 0.1) is 23.8 Å². The van der Waals surface area contributed by atoms with Crippen LogP contribution in [-0.2, 0) is 10.0 Å². The fraction of sp³-hybridized carbons (Fsp3) is 0.385. The molecule has 0 amide bonds. The number of nitrogens with one attached hydrogen (secondary N) is 1. The van der Waals surface area contributed by atoms with E-state index in [1.54, 1.807) is 42.7 Å². The van der Waals surface area contributed by atoms with E-state index in [2.05, 4.69) is 28.4 Å². The first kappa shape index (κ1) is 25.2. The Labute approximate surface area is 206 Å². The van der Waals surface area contributed by atoms with Crippen molar-refractivity contribution in [2.75, 3.05) is 44.2 Å². The standard InChI is InChI=1S/C26H32FN3O4S/c1-20(2)19-34-23-9-11-24(12-10-23)35(31,32)28-18-25(26-4-3-17-33-26)30-15-13-29(14-16-30)22-7-5-21(27)6-8-22/h3-12,17,20,25,28H,13-16,18-19H2,1-2H3. The third kappa shape index (κ3) is 6.62. The van der Waals surface area contributed by atoms with Gasteiger partial charge in [0.2, 0.25) is 10.0 Å². The first-order valence-electron chi connectivity index (χ1n) is 11.8. The molecule has 1 aromatic heterocycles. The predicted molar refractivity (Wildman–Crippen MR) is 134 cm³/mol. The molecule has 1 unspecified atom stereocenters. The lowest BCUT2D eigenvalue weighted by Gasteiger charge is -2.39. The first-order valence-corrected chi connectivity index (χ1v) is 13.3. The van der Waals surface area contributed by atoms with Gasteiger partial charge in [-0.15, -0.1) is 0 Å². The molecule has 2 heterocycles. The van der Waals surface area contributed by atoms with E-state index < -0.39 is 10.0 Å². The van der Waals surface area contributed by atoms with E-state index in [0.717, 1.165) is 18.8 Å². The summed E-state index contributed by atoms with van der Waals surface area (Å²) in [4.78, 5) is 4.60. The van der Waals surface area contributed by atoms with Crippen LogP contribution in [0.2, 0.25) is 0 Å². The number of sulfonamides is 1. The molecule has 2 aromatic carbocycles. The molecule has 1 aliphatic heterocycles. The van der Waals surface area contributed by atoms with Crippen LogP contribution in [0.4, 0.5) is 10.1 Å². The lowest BCUT2D eigenvalue weighted by Crippen LogP contribution is -2.49. The topological polar surface area (TPSA) is 75.0 Å². The van der Waals surface area contributed by atoms with E-state index in [1.807, 2.05) is 12.1 Å². The summed E-state index contributed by atoms with van der Waals surface area (Å²) in [5, 5.41) is 0. The molecule has 9 heteroatoms. The van der Waals surface area contributed by atoms with Crippen molar-refractivity contribution in [1.82, 2.24) is 9.62 Å². The number of piperazine rings is 1. The molecule has 1 aliphatic rings. The van der Waals surface area contributed by atoms with E-state index in [1.165, 1.54) is 12.1 Å². The minimum Gasteiger partial charge on any atom is -0.493 e. The number of anilines is 1. The fourth-order valence-electron chi connectivity index (χ4n) is 4.08. The number of ether oxygens (including phenoxy) is 1. The highest BCUT2D eigenvalue weighted by Crippen LogP contribution is 2.25. The highest BCUT2D eigenvalue weighted by Gasteiger charge is 2.28. The second kappa shape index (κ2) is 11.2. The Bertz CT molecular complexity index is 1160. The van der Waals surface area contributed by atoms with Crippen LogP contribution in [-0.4, -0.2) is 52.6 Å². The molecule has 0 radical (unpaired) electrons. The van der Waals surface area contributed by atoms with Crippen LogP contribution in [0.15, 0.2) is 76.2 Å². The molecule has 35 heavy (non-hydrogen) atoms. The van der Waals surface area contributed by atoms with E-state index in [0.29, 0.717) is 37.1 Å². The first-order chi connectivity index (χ1) is 16.8. The van der Waals surface area contributed by atoms with Gasteiger partial charge >= 0.3 is 0 Å². The normalized spacial score (nSPS) is 15.9. The number of furan rings is 1. The third-order valence-corrected chi connectivity index (χ3v) is 7.44. The summed E-state index contributed by atoms with van der Waals surface area (Å²) in [6.07, 6.45) is 1.60. The number of rotatable bonds is 10. The smallest absolute Gasteiger partial charge is 0.240 e. The minimum atomic E-state index is -3.71. The van der Waals surface area contributed by atoms with Gasteiger partial charge in [-0.25, -0.2) is 17.5 Å². The minimum absolute atomic E-state index is 0.179. The average Bonchev–Trinajstić information content (AvgIpc) is 3.39. The monoisotopic (exact) mass is 501 g/mol. The van der Waals surface area contributed by atoms with Crippen LogP contribution >= 0.6 is 0 Å². The van der Waals surface area contributed by atoms with Crippen molar-refractivity contribution in [2.24, 2.45) is 5.92 Å². The number of halogens is 1. The molecular formula is C26H32FN3O4S. The number of nitrogens with zero attached hydrogens (tertiary/aromatic N) is 2. The van der Waals surface area contributed by atoms with Crippen LogP contribution in [0.1, 0.15) is 25.6 Å². The Balaban J connectivity index is 1.40.